The number of halogens is 1. The molecule has 0 spiro atoms. The van der Waals surface area contributed by atoms with Gasteiger partial charge in [-0.2, -0.15) is 0 Å². The van der Waals surface area contributed by atoms with E-state index in [1.165, 1.54) is 17.7 Å². The molecule has 1 aromatic heterocycles. The highest BCUT2D eigenvalue weighted by Crippen LogP contribution is 2.28. The second-order valence-corrected chi connectivity index (χ2v) is 9.92. The van der Waals surface area contributed by atoms with Gasteiger partial charge < -0.3 is 14.5 Å². The average molecular weight is 511 g/mol. The maximum atomic E-state index is 14.3. The van der Waals surface area contributed by atoms with Crippen molar-refractivity contribution in [2.24, 2.45) is 0 Å². The molecule has 0 unspecified atom stereocenters. The molecule has 2 aliphatic heterocycles. The summed E-state index contributed by atoms with van der Waals surface area (Å²) in [7, 11) is 0. The number of para-hydroxylation sites is 1. The molecule has 7 heteroatoms. The summed E-state index contributed by atoms with van der Waals surface area (Å²) < 4.78 is 19.7. The number of ether oxygens (including phenoxy) is 1. The number of carbonyl (C=O) groups is 1. The molecule has 0 aliphatic carbocycles. The average Bonchev–Trinajstić information content (AvgIpc) is 2.98. The van der Waals surface area contributed by atoms with E-state index in [-0.39, 0.29) is 11.7 Å². The lowest BCUT2D eigenvalue weighted by Gasteiger charge is -2.36. The fourth-order valence-corrected chi connectivity index (χ4v) is 5.30. The van der Waals surface area contributed by atoms with E-state index in [2.05, 4.69) is 46.2 Å². The van der Waals surface area contributed by atoms with Crippen molar-refractivity contribution in [3.63, 3.8) is 0 Å². The van der Waals surface area contributed by atoms with Crippen molar-refractivity contribution in [3.8, 4) is 11.3 Å². The van der Waals surface area contributed by atoms with E-state index < -0.39 is 0 Å². The van der Waals surface area contributed by atoms with Gasteiger partial charge in [-0.15, -0.1) is 0 Å². The van der Waals surface area contributed by atoms with Gasteiger partial charge in [0.05, 0.1) is 30.0 Å². The number of aromatic nitrogens is 1. The van der Waals surface area contributed by atoms with Crippen LogP contribution >= 0.6 is 0 Å². The molecular weight excluding hydrogens is 479 g/mol. The number of anilines is 1. The third-order valence-electron chi connectivity index (χ3n) is 7.45. The molecule has 2 aliphatic rings. The molecule has 0 atom stereocenters. The Morgan fingerprint density at radius 3 is 2.32 bits per heavy atom. The summed E-state index contributed by atoms with van der Waals surface area (Å²) in [5, 5.41) is 0.549. The van der Waals surface area contributed by atoms with E-state index in [0.717, 1.165) is 57.2 Å². The van der Waals surface area contributed by atoms with Crippen LogP contribution in [0.4, 0.5) is 10.1 Å². The predicted octanol–water partition coefficient (Wildman–Crippen LogP) is 4.84. The van der Waals surface area contributed by atoms with E-state index in [9.17, 15) is 9.18 Å². The summed E-state index contributed by atoms with van der Waals surface area (Å²) in [5.74, 6) is -0.455. The first-order valence-corrected chi connectivity index (χ1v) is 13.2. The van der Waals surface area contributed by atoms with Crippen molar-refractivity contribution in [2.75, 3.05) is 57.4 Å². The van der Waals surface area contributed by atoms with Crippen molar-refractivity contribution >= 4 is 22.5 Å². The Bertz CT molecular complexity index is 1410. The molecule has 38 heavy (non-hydrogen) atoms. The summed E-state index contributed by atoms with van der Waals surface area (Å²) in [6, 6.07) is 24.9. The van der Waals surface area contributed by atoms with Gasteiger partial charge in [-0.25, -0.2) is 9.37 Å². The van der Waals surface area contributed by atoms with Gasteiger partial charge in [-0.1, -0.05) is 42.5 Å². The molecule has 194 valence electrons. The molecule has 0 saturated carbocycles. The fraction of sp³-hybridized carbons (Fsp3) is 0.290. The van der Waals surface area contributed by atoms with Crippen molar-refractivity contribution in [3.05, 3.63) is 95.8 Å². The van der Waals surface area contributed by atoms with Crippen LogP contribution in [0, 0.1) is 5.82 Å². The molecule has 6 rings (SSSR count). The third-order valence-corrected chi connectivity index (χ3v) is 7.45. The van der Waals surface area contributed by atoms with E-state index >= 15 is 0 Å². The number of carbonyl (C=O) groups excluding carboxylic acids is 1. The normalized spacial score (nSPS) is 16.7. The van der Waals surface area contributed by atoms with Crippen LogP contribution in [0.15, 0.2) is 78.9 Å². The molecule has 0 radical (unpaired) electrons. The van der Waals surface area contributed by atoms with Gasteiger partial charge >= 0.3 is 0 Å². The maximum Gasteiger partial charge on any atom is 0.254 e. The molecule has 3 heterocycles. The van der Waals surface area contributed by atoms with Crippen LogP contribution in [0.2, 0.25) is 0 Å². The van der Waals surface area contributed by atoms with Crippen molar-refractivity contribution < 1.29 is 13.9 Å². The molecular formula is C31H31FN4O2. The highest BCUT2D eigenvalue weighted by atomic mass is 19.1. The Balaban J connectivity index is 1.25. The van der Waals surface area contributed by atoms with Crippen LogP contribution < -0.4 is 4.90 Å². The standard InChI is InChI=1S/C31H31FN4O2/c32-25-10-11-29-27(20-25)28(31(37)36-14-12-35(13-15-36)26-4-2-1-3-5-26)21-30(33-29)24-8-6-23(7-9-24)22-34-16-18-38-19-17-34/h1-11,20-21H,12-19,22H2. The smallest absolute Gasteiger partial charge is 0.254 e. The molecule has 2 fully saturated rings. The number of benzene rings is 3. The predicted molar refractivity (Wildman–Crippen MR) is 148 cm³/mol. The van der Waals surface area contributed by atoms with Crippen LogP contribution in [0.5, 0.6) is 0 Å². The minimum atomic E-state index is -0.373. The SMILES string of the molecule is O=C(c1cc(-c2ccc(CN3CCOCC3)cc2)nc2ccc(F)cc12)N1CCN(c2ccccc2)CC1. The van der Waals surface area contributed by atoms with Crippen LogP contribution in [0.1, 0.15) is 15.9 Å². The quantitative estimate of drug-likeness (QED) is 0.385. The van der Waals surface area contributed by atoms with Gasteiger partial charge in [0.1, 0.15) is 5.82 Å². The molecule has 3 aromatic carbocycles. The Morgan fingerprint density at radius 1 is 0.842 bits per heavy atom. The van der Waals surface area contributed by atoms with Crippen molar-refractivity contribution in [1.82, 2.24) is 14.8 Å². The van der Waals surface area contributed by atoms with E-state index in [4.69, 9.17) is 9.72 Å². The number of morpholine rings is 1. The van der Waals surface area contributed by atoms with Crippen molar-refractivity contribution in [2.45, 2.75) is 6.54 Å². The zero-order valence-electron chi connectivity index (χ0n) is 21.4. The number of fused-ring (bicyclic) bond motifs is 1. The number of hydrogen-bond acceptors (Lipinski definition) is 5. The number of hydrogen-bond donors (Lipinski definition) is 0. The lowest BCUT2D eigenvalue weighted by molar-refractivity contribution is 0.0342. The van der Waals surface area contributed by atoms with Crippen LogP contribution in [0.25, 0.3) is 22.2 Å². The minimum absolute atomic E-state index is 0.0825. The molecule has 0 bridgehead atoms. The summed E-state index contributed by atoms with van der Waals surface area (Å²) in [4.78, 5) is 25.1. The Morgan fingerprint density at radius 2 is 1.58 bits per heavy atom. The Labute approximate surface area is 222 Å². The zero-order chi connectivity index (χ0) is 25.9. The second-order valence-electron chi connectivity index (χ2n) is 9.92. The fourth-order valence-electron chi connectivity index (χ4n) is 5.30. The molecule has 4 aromatic rings. The number of amides is 1. The lowest BCUT2D eigenvalue weighted by atomic mass is 10.0. The number of nitrogens with zero attached hydrogens (tertiary/aromatic N) is 4. The topological polar surface area (TPSA) is 48.9 Å². The van der Waals surface area contributed by atoms with Crippen molar-refractivity contribution in [1.29, 1.82) is 0 Å². The van der Waals surface area contributed by atoms with E-state index in [1.807, 2.05) is 29.2 Å². The monoisotopic (exact) mass is 510 g/mol. The van der Waals surface area contributed by atoms with E-state index in [0.29, 0.717) is 35.2 Å². The second kappa shape index (κ2) is 10.9. The van der Waals surface area contributed by atoms with Crippen LogP contribution in [-0.2, 0) is 11.3 Å². The van der Waals surface area contributed by atoms with Gasteiger partial charge in [0.15, 0.2) is 0 Å². The summed E-state index contributed by atoms with van der Waals surface area (Å²) >= 11 is 0. The third kappa shape index (κ3) is 5.26. The lowest BCUT2D eigenvalue weighted by Crippen LogP contribution is -2.48. The number of pyridine rings is 1. The van der Waals surface area contributed by atoms with Gasteiger partial charge in [-0.05, 0) is 42.0 Å². The summed E-state index contributed by atoms with van der Waals surface area (Å²) in [6.07, 6.45) is 0. The molecule has 2 saturated heterocycles. The molecule has 0 N–H and O–H groups in total. The summed E-state index contributed by atoms with van der Waals surface area (Å²) in [6.45, 7) is 7.04. The first-order chi connectivity index (χ1) is 18.6. The van der Waals surface area contributed by atoms with Gasteiger partial charge in [0.2, 0.25) is 0 Å². The van der Waals surface area contributed by atoms with Gasteiger partial charge in [-0.3, -0.25) is 9.69 Å². The Hall–Kier alpha value is -3.81. The maximum absolute atomic E-state index is 14.3. The first-order valence-electron chi connectivity index (χ1n) is 13.2. The largest absolute Gasteiger partial charge is 0.379 e. The first kappa shape index (κ1) is 24.5. The van der Waals surface area contributed by atoms with Crippen LogP contribution in [-0.4, -0.2) is 73.2 Å². The summed E-state index contributed by atoms with van der Waals surface area (Å²) in [5.41, 5.74) is 5.15. The van der Waals surface area contributed by atoms with E-state index in [1.54, 1.807) is 6.07 Å². The zero-order valence-corrected chi connectivity index (χ0v) is 21.4. The number of rotatable bonds is 5. The minimum Gasteiger partial charge on any atom is -0.379 e. The number of piperazine rings is 1. The van der Waals surface area contributed by atoms with Crippen LogP contribution in [0.3, 0.4) is 0 Å². The highest BCUT2D eigenvalue weighted by Gasteiger charge is 2.25. The highest BCUT2D eigenvalue weighted by molar-refractivity contribution is 6.07. The Kier molecular flexibility index (Phi) is 7.03. The van der Waals surface area contributed by atoms with Gasteiger partial charge in [0, 0.05) is 62.5 Å². The van der Waals surface area contributed by atoms with Gasteiger partial charge in [0.25, 0.3) is 5.91 Å². The molecule has 6 nitrogen and oxygen atoms in total. The molecule has 1 amide bonds.